The molecule has 0 saturated carbocycles. The smallest absolute Gasteiger partial charge is 0.258 e. The summed E-state index contributed by atoms with van der Waals surface area (Å²) >= 11 is 1.34. The monoisotopic (exact) mass is 324 g/mol. The maximum atomic E-state index is 14.1. The molecule has 2 aliphatic heterocycles. The maximum absolute atomic E-state index is 14.1. The molecule has 7 heteroatoms. The van der Waals surface area contributed by atoms with Gasteiger partial charge in [0.1, 0.15) is 12.4 Å². The molecule has 2 heterocycles. The van der Waals surface area contributed by atoms with Crippen molar-refractivity contribution in [2.24, 2.45) is 0 Å². The summed E-state index contributed by atoms with van der Waals surface area (Å²) in [7, 11) is 0. The van der Waals surface area contributed by atoms with Gasteiger partial charge in [-0.05, 0) is 24.8 Å². The van der Waals surface area contributed by atoms with Gasteiger partial charge in [-0.15, -0.1) is 11.8 Å². The first kappa shape index (κ1) is 15.3. The number of carbonyl (C=O) groups is 2. The van der Waals surface area contributed by atoms with Gasteiger partial charge in [0.05, 0.1) is 17.7 Å². The predicted molar refractivity (Wildman–Crippen MR) is 80.4 cm³/mol. The van der Waals surface area contributed by atoms with Crippen molar-refractivity contribution in [1.82, 2.24) is 10.2 Å². The standard InChI is InChI=1S/C15H17FN2O3S/c1-22-12-4-2-3-9(16)14(12)15(20)18-6-5-11-10(7-18)17-13(19)8-21-11/h2-4,10-11H,5-8H2,1H3,(H,17,19)/t10-,11-/m1/s1. The van der Waals surface area contributed by atoms with Crippen molar-refractivity contribution in [3.8, 4) is 0 Å². The summed E-state index contributed by atoms with van der Waals surface area (Å²) < 4.78 is 19.6. The van der Waals surface area contributed by atoms with Gasteiger partial charge < -0.3 is 15.0 Å². The number of hydrogen-bond acceptors (Lipinski definition) is 4. The molecular formula is C15H17FN2O3S. The zero-order chi connectivity index (χ0) is 15.7. The van der Waals surface area contributed by atoms with E-state index in [4.69, 9.17) is 4.74 Å². The van der Waals surface area contributed by atoms with Crippen LogP contribution in [0.15, 0.2) is 23.1 Å². The number of carbonyl (C=O) groups excluding carboxylic acids is 2. The summed E-state index contributed by atoms with van der Waals surface area (Å²) in [6, 6.07) is 4.41. The molecule has 118 valence electrons. The second-order valence-corrected chi connectivity index (χ2v) is 6.23. The highest BCUT2D eigenvalue weighted by Crippen LogP contribution is 2.26. The number of likely N-dealkylation sites (tertiary alicyclic amines) is 1. The fourth-order valence-corrected chi connectivity index (χ4v) is 3.53. The molecule has 0 aromatic heterocycles. The number of ether oxygens (including phenoxy) is 1. The quantitative estimate of drug-likeness (QED) is 0.833. The van der Waals surface area contributed by atoms with E-state index in [2.05, 4.69) is 5.32 Å². The molecule has 0 aliphatic carbocycles. The first-order chi connectivity index (χ1) is 10.6. The fraction of sp³-hybridized carbons (Fsp3) is 0.467. The van der Waals surface area contributed by atoms with Crippen LogP contribution < -0.4 is 5.32 Å². The summed E-state index contributed by atoms with van der Waals surface area (Å²) in [6.45, 7) is 0.911. The molecule has 1 aromatic rings. The van der Waals surface area contributed by atoms with Crippen LogP contribution in [0.2, 0.25) is 0 Å². The third-order valence-corrected chi connectivity index (χ3v) is 4.80. The number of morpholine rings is 1. The third kappa shape index (κ3) is 2.83. The Kier molecular flexibility index (Phi) is 4.35. The summed E-state index contributed by atoms with van der Waals surface area (Å²) in [4.78, 5) is 26.3. The molecule has 22 heavy (non-hydrogen) atoms. The van der Waals surface area contributed by atoms with Crippen LogP contribution in [-0.2, 0) is 9.53 Å². The Bertz CT molecular complexity index is 610. The van der Waals surface area contributed by atoms with Crippen LogP contribution in [0, 0.1) is 5.82 Å². The number of rotatable bonds is 2. The molecule has 2 aliphatic rings. The first-order valence-electron chi connectivity index (χ1n) is 7.13. The number of nitrogens with zero attached hydrogens (tertiary/aromatic N) is 1. The van der Waals surface area contributed by atoms with Gasteiger partial charge in [0.25, 0.3) is 5.91 Å². The Morgan fingerprint density at radius 3 is 3.09 bits per heavy atom. The van der Waals surface area contributed by atoms with Gasteiger partial charge in [-0.25, -0.2) is 4.39 Å². The highest BCUT2D eigenvalue weighted by Gasteiger charge is 2.37. The second-order valence-electron chi connectivity index (χ2n) is 5.38. The Balaban J connectivity index is 1.80. The van der Waals surface area contributed by atoms with Gasteiger partial charge in [0.2, 0.25) is 5.91 Å². The number of thioether (sulfide) groups is 1. The lowest BCUT2D eigenvalue weighted by Gasteiger charge is -2.41. The molecule has 0 bridgehead atoms. The molecule has 1 N–H and O–H groups in total. The summed E-state index contributed by atoms with van der Waals surface area (Å²) in [5, 5.41) is 2.84. The highest BCUT2D eigenvalue weighted by molar-refractivity contribution is 7.98. The number of nitrogens with one attached hydrogen (secondary N) is 1. The van der Waals surface area contributed by atoms with E-state index < -0.39 is 5.82 Å². The van der Waals surface area contributed by atoms with Crippen LogP contribution in [0.3, 0.4) is 0 Å². The average molecular weight is 324 g/mol. The van der Waals surface area contributed by atoms with Crippen molar-refractivity contribution in [1.29, 1.82) is 0 Å². The fourth-order valence-electron chi connectivity index (χ4n) is 2.92. The number of piperidine rings is 1. The normalized spacial score (nSPS) is 24.6. The molecule has 3 rings (SSSR count). The molecule has 5 nitrogen and oxygen atoms in total. The summed E-state index contributed by atoms with van der Waals surface area (Å²) in [5.41, 5.74) is 0.108. The first-order valence-corrected chi connectivity index (χ1v) is 8.35. The lowest BCUT2D eigenvalue weighted by molar-refractivity contribution is -0.139. The number of benzene rings is 1. The van der Waals surface area contributed by atoms with E-state index in [9.17, 15) is 14.0 Å². The number of amides is 2. The number of fused-ring (bicyclic) bond motifs is 1. The molecule has 0 radical (unpaired) electrons. The van der Waals surface area contributed by atoms with Crippen LogP contribution in [0.1, 0.15) is 16.8 Å². The van der Waals surface area contributed by atoms with Crippen LogP contribution in [-0.4, -0.2) is 54.8 Å². The topological polar surface area (TPSA) is 58.6 Å². The average Bonchev–Trinajstić information content (AvgIpc) is 2.53. The van der Waals surface area contributed by atoms with Crippen LogP contribution >= 0.6 is 11.8 Å². The molecule has 2 fully saturated rings. The van der Waals surface area contributed by atoms with Gasteiger partial charge in [-0.1, -0.05) is 6.07 Å². The molecule has 2 saturated heterocycles. The predicted octanol–water partition coefficient (Wildman–Crippen LogP) is 1.28. The highest BCUT2D eigenvalue weighted by atomic mass is 32.2. The van der Waals surface area contributed by atoms with Gasteiger partial charge in [0, 0.05) is 18.0 Å². The van der Waals surface area contributed by atoms with Crippen molar-refractivity contribution in [3.63, 3.8) is 0 Å². The number of halogens is 1. The Hall–Kier alpha value is -1.60. The van der Waals surface area contributed by atoms with E-state index in [0.29, 0.717) is 24.4 Å². The van der Waals surface area contributed by atoms with Crippen LogP contribution in [0.25, 0.3) is 0 Å². The zero-order valence-electron chi connectivity index (χ0n) is 12.2. The minimum absolute atomic E-state index is 0.0672. The van der Waals surface area contributed by atoms with E-state index in [0.717, 1.165) is 0 Å². The third-order valence-electron chi connectivity index (χ3n) is 4.02. The second kappa shape index (κ2) is 6.26. The Morgan fingerprint density at radius 1 is 1.50 bits per heavy atom. The van der Waals surface area contributed by atoms with Crippen LogP contribution in [0.4, 0.5) is 4.39 Å². The van der Waals surface area contributed by atoms with E-state index in [-0.39, 0.29) is 36.1 Å². The number of hydrogen-bond donors (Lipinski definition) is 1. The molecule has 0 spiro atoms. The van der Waals surface area contributed by atoms with Crippen molar-refractivity contribution < 1.29 is 18.7 Å². The van der Waals surface area contributed by atoms with E-state index in [1.807, 2.05) is 6.26 Å². The molecule has 2 atom stereocenters. The summed E-state index contributed by atoms with van der Waals surface area (Å²) in [6.07, 6.45) is 2.38. The molecular weight excluding hydrogens is 307 g/mol. The zero-order valence-corrected chi connectivity index (χ0v) is 13.0. The van der Waals surface area contributed by atoms with Gasteiger partial charge >= 0.3 is 0 Å². The molecule has 2 amide bonds. The van der Waals surface area contributed by atoms with Crippen molar-refractivity contribution in [3.05, 3.63) is 29.6 Å². The van der Waals surface area contributed by atoms with Gasteiger partial charge in [-0.2, -0.15) is 0 Å². The van der Waals surface area contributed by atoms with E-state index in [1.165, 1.54) is 17.8 Å². The van der Waals surface area contributed by atoms with Crippen molar-refractivity contribution in [2.45, 2.75) is 23.5 Å². The molecule has 0 unspecified atom stereocenters. The van der Waals surface area contributed by atoms with Crippen molar-refractivity contribution in [2.75, 3.05) is 26.0 Å². The SMILES string of the molecule is CSc1cccc(F)c1C(=O)N1CC[C@H]2OCC(=O)N[C@@H]2C1. The Morgan fingerprint density at radius 2 is 2.32 bits per heavy atom. The van der Waals surface area contributed by atoms with Gasteiger partial charge in [0.15, 0.2) is 0 Å². The Labute approximate surface area is 132 Å². The lowest BCUT2D eigenvalue weighted by Crippen LogP contribution is -2.61. The van der Waals surface area contributed by atoms with Gasteiger partial charge in [-0.3, -0.25) is 9.59 Å². The van der Waals surface area contributed by atoms with Crippen LogP contribution in [0.5, 0.6) is 0 Å². The van der Waals surface area contributed by atoms with E-state index >= 15 is 0 Å². The largest absolute Gasteiger partial charge is 0.366 e. The minimum atomic E-state index is -0.511. The summed E-state index contributed by atoms with van der Waals surface area (Å²) in [5.74, 6) is -1.02. The molecule has 1 aromatic carbocycles. The maximum Gasteiger partial charge on any atom is 0.258 e. The van der Waals surface area contributed by atoms with E-state index in [1.54, 1.807) is 17.0 Å². The van der Waals surface area contributed by atoms with Crippen molar-refractivity contribution >= 4 is 23.6 Å². The minimum Gasteiger partial charge on any atom is -0.366 e. The lowest BCUT2D eigenvalue weighted by atomic mass is 9.99.